The second kappa shape index (κ2) is 11.6. The molecular formula is C26H30N2O6S. The summed E-state index contributed by atoms with van der Waals surface area (Å²) in [6.45, 7) is 0.635. The maximum atomic E-state index is 12.5. The number of thioether (sulfide) groups is 1. The van der Waals surface area contributed by atoms with Crippen molar-refractivity contribution in [3.8, 4) is 11.1 Å². The Morgan fingerprint density at radius 1 is 1.11 bits per heavy atom. The van der Waals surface area contributed by atoms with E-state index < -0.39 is 24.0 Å². The van der Waals surface area contributed by atoms with Gasteiger partial charge in [-0.2, -0.15) is 11.8 Å². The molecule has 2 aromatic rings. The number of benzene rings is 2. The Morgan fingerprint density at radius 3 is 2.40 bits per heavy atom. The SMILES string of the molecule is CSCCC(NC(=O)[C@@H]1CO[C@H](CNC(=O)OCC2c3ccccc3-c3ccccc32)C1)C(=O)O. The number of fused-ring (bicyclic) bond motifs is 3. The third-order valence-corrected chi connectivity index (χ3v) is 7.14. The summed E-state index contributed by atoms with van der Waals surface area (Å²) in [4.78, 5) is 36.2. The number of nitrogens with one attached hydrogen (secondary N) is 2. The highest BCUT2D eigenvalue weighted by atomic mass is 32.2. The van der Waals surface area contributed by atoms with E-state index in [-0.39, 0.29) is 37.7 Å². The molecule has 2 amide bonds. The monoisotopic (exact) mass is 498 g/mol. The molecule has 2 aromatic carbocycles. The normalized spacial score (nSPS) is 19.5. The van der Waals surface area contributed by atoms with E-state index in [4.69, 9.17) is 9.47 Å². The summed E-state index contributed by atoms with van der Waals surface area (Å²) in [5.74, 6) is -1.19. The van der Waals surface area contributed by atoms with Crippen LogP contribution >= 0.6 is 11.8 Å². The van der Waals surface area contributed by atoms with Crippen molar-refractivity contribution in [2.75, 3.05) is 31.8 Å². The molecule has 8 nitrogen and oxygen atoms in total. The quantitative estimate of drug-likeness (QED) is 0.461. The number of rotatable bonds is 10. The fourth-order valence-electron chi connectivity index (χ4n) is 4.66. The summed E-state index contributed by atoms with van der Waals surface area (Å²) >= 11 is 1.53. The number of carbonyl (C=O) groups is 3. The van der Waals surface area contributed by atoms with E-state index in [9.17, 15) is 19.5 Å². The molecule has 0 bridgehead atoms. The molecule has 2 aliphatic rings. The molecule has 0 spiro atoms. The first-order chi connectivity index (χ1) is 17.0. The highest BCUT2D eigenvalue weighted by Gasteiger charge is 2.33. The average Bonchev–Trinajstić information content (AvgIpc) is 3.47. The number of carboxylic acid groups (broad SMARTS) is 1. The molecule has 0 radical (unpaired) electrons. The van der Waals surface area contributed by atoms with Gasteiger partial charge in [0.05, 0.1) is 18.6 Å². The highest BCUT2D eigenvalue weighted by molar-refractivity contribution is 7.98. The van der Waals surface area contributed by atoms with Crippen molar-refractivity contribution in [1.29, 1.82) is 0 Å². The lowest BCUT2D eigenvalue weighted by atomic mass is 9.98. The van der Waals surface area contributed by atoms with Gasteiger partial charge in [0.15, 0.2) is 0 Å². The minimum Gasteiger partial charge on any atom is -0.480 e. The Morgan fingerprint density at radius 2 is 1.77 bits per heavy atom. The van der Waals surface area contributed by atoms with Gasteiger partial charge in [0.2, 0.25) is 5.91 Å². The van der Waals surface area contributed by atoms with E-state index in [1.807, 2.05) is 30.5 Å². The third-order valence-electron chi connectivity index (χ3n) is 6.49. The summed E-state index contributed by atoms with van der Waals surface area (Å²) in [6, 6.07) is 15.4. The lowest BCUT2D eigenvalue weighted by Gasteiger charge is -2.17. The zero-order chi connectivity index (χ0) is 24.8. The first kappa shape index (κ1) is 25.1. The molecule has 1 saturated heterocycles. The van der Waals surface area contributed by atoms with E-state index in [1.54, 1.807) is 0 Å². The first-order valence-electron chi connectivity index (χ1n) is 11.7. The molecule has 3 atom stereocenters. The number of carboxylic acids is 1. The molecular weight excluding hydrogens is 468 g/mol. The summed E-state index contributed by atoms with van der Waals surface area (Å²) in [7, 11) is 0. The van der Waals surface area contributed by atoms with Crippen LogP contribution in [0.25, 0.3) is 11.1 Å². The molecule has 0 saturated carbocycles. The predicted octanol–water partition coefficient (Wildman–Crippen LogP) is 3.25. The van der Waals surface area contributed by atoms with Gasteiger partial charge in [-0.15, -0.1) is 0 Å². The lowest BCUT2D eigenvalue weighted by Crippen LogP contribution is -2.44. The third kappa shape index (κ3) is 5.97. The first-order valence-corrected chi connectivity index (χ1v) is 13.1. The summed E-state index contributed by atoms with van der Waals surface area (Å²) in [5.41, 5.74) is 4.62. The van der Waals surface area contributed by atoms with Gasteiger partial charge in [-0.05, 0) is 47.1 Å². The van der Waals surface area contributed by atoms with Crippen molar-refractivity contribution in [1.82, 2.24) is 10.6 Å². The van der Waals surface area contributed by atoms with Crippen LogP contribution in [0.5, 0.6) is 0 Å². The maximum absolute atomic E-state index is 12.5. The number of carbonyl (C=O) groups excluding carboxylic acids is 2. The molecule has 1 aliphatic carbocycles. The largest absolute Gasteiger partial charge is 0.480 e. The van der Waals surface area contributed by atoms with Crippen LogP contribution in [-0.2, 0) is 19.1 Å². The van der Waals surface area contributed by atoms with Gasteiger partial charge in [0.25, 0.3) is 0 Å². The van der Waals surface area contributed by atoms with E-state index in [0.717, 1.165) is 11.1 Å². The van der Waals surface area contributed by atoms with E-state index in [0.29, 0.717) is 18.6 Å². The second-order valence-electron chi connectivity index (χ2n) is 8.78. The van der Waals surface area contributed by atoms with Gasteiger partial charge in [-0.3, -0.25) is 4.79 Å². The van der Waals surface area contributed by atoms with Crippen molar-refractivity contribution >= 4 is 29.7 Å². The maximum Gasteiger partial charge on any atom is 0.407 e. The van der Waals surface area contributed by atoms with E-state index in [1.165, 1.54) is 22.9 Å². The minimum atomic E-state index is -1.04. The summed E-state index contributed by atoms with van der Waals surface area (Å²) < 4.78 is 11.2. The summed E-state index contributed by atoms with van der Waals surface area (Å²) in [5, 5.41) is 14.6. The molecule has 0 aromatic heterocycles. The molecule has 4 rings (SSSR count). The van der Waals surface area contributed by atoms with Crippen molar-refractivity contribution in [3.63, 3.8) is 0 Å². The van der Waals surface area contributed by atoms with Crippen LogP contribution in [-0.4, -0.2) is 67.0 Å². The average molecular weight is 499 g/mol. The minimum absolute atomic E-state index is 0.0164. The van der Waals surface area contributed by atoms with Gasteiger partial charge in [0, 0.05) is 12.5 Å². The van der Waals surface area contributed by atoms with Crippen LogP contribution < -0.4 is 10.6 Å². The van der Waals surface area contributed by atoms with Crippen LogP contribution in [0.15, 0.2) is 48.5 Å². The van der Waals surface area contributed by atoms with Crippen LogP contribution in [0.4, 0.5) is 4.79 Å². The van der Waals surface area contributed by atoms with Crippen LogP contribution in [0.2, 0.25) is 0 Å². The fourth-order valence-corrected chi connectivity index (χ4v) is 5.13. The lowest BCUT2D eigenvalue weighted by molar-refractivity contribution is -0.142. The van der Waals surface area contributed by atoms with Crippen LogP contribution in [0, 0.1) is 5.92 Å². The van der Waals surface area contributed by atoms with Gasteiger partial charge >= 0.3 is 12.1 Å². The Labute approximate surface area is 208 Å². The van der Waals surface area contributed by atoms with Crippen molar-refractivity contribution in [2.24, 2.45) is 5.92 Å². The molecule has 9 heteroatoms. The van der Waals surface area contributed by atoms with Gasteiger partial charge < -0.3 is 25.2 Å². The molecule has 35 heavy (non-hydrogen) atoms. The Balaban J connectivity index is 1.23. The number of ether oxygens (including phenoxy) is 2. The number of alkyl carbamates (subject to hydrolysis) is 1. The van der Waals surface area contributed by atoms with E-state index in [2.05, 4.69) is 34.9 Å². The number of aliphatic carboxylic acids is 1. The molecule has 1 fully saturated rings. The number of hydrogen-bond donors (Lipinski definition) is 3. The van der Waals surface area contributed by atoms with Gasteiger partial charge in [-0.25, -0.2) is 9.59 Å². The van der Waals surface area contributed by atoms with Crippen LogP contribution in [0.1, 0.15) is 29.9 Å². The highest BCUT2D eigenvalue weighted by Crippen LogP contribution is 2.44. The number of hydrogen-bond acceptors (Lipinski definition) is 6. The predicted molar refractivity (Wildman–Crippen MR) is 133 cm³/mol. The molecule has 1 unspecified atom stereocenters. The molecule has 186 valence electrons. The standard InChI is InChI=1S/C26H30N2O6S/c1-35-11-10-23(25(30)31)28-24(29)16-12-17(33-14-16)13-27-26(32)34-15-22-20-8-4-2-6-18(20)19-7-3-5-9-21(19)22/h2-9,16-17,22-23H,10-15H2,1H3,(H,27,32)(H,28,29)(H,30,31)/t16-,17-,23?/m0/s1. The Hall–Kier alpha value is -3.04. The second-order valence-corrected chi connectivity index (χ2v) is 9.76. The summed E-state index contributed by atoms with van der Waals surface area (Å²) in [6.07, 6.45) is 1.79. The topological polar surface area (TPSA) is 114 Å². The van der Waals surface area contributed by atoms with E-state index >= 15 is 0 Å². The van der Waals surface area contributed by atoms with Gasteiger partial charge in [0.1, 0.15) is 12.6 Å². The smallest absolute Gasteiger partial charge is 0.407 e. The fraction of sp³-hybridized carbons (Fsp3) is 0.423. The van der Waals surface area contributed by atoms with Crippen molar-refractivity contribution < 1.29 is 29.0 Å². The zero-order valence-electron chi connectivity index (χ0n) is 19.6. The number of amides is 2. The van der Waals surface area contributed by atoms with Crippen molar-refractivity contribution in [2.45, 2.75) is 30.9 Å². The Bertz CT molecular complexity index is 1030. The molecule has 1 heterocycles. The molecule has 1 aliphatic heterocycles. The van der Waals surface area contributed by atoms with Gasteiger partial charge in [-0.1, -0.05) is 48.5 Å². The Kier molecular flexibility index (Phi) is 8.30. The van der Waals surface area contributed by atoms with Crippen LogP contribution in [0.3, 0.4) is 0 Å². The van der Waals surface area contributed by atoms with Crippen molar-refractivity contribution in [3.05, 3.63) is 59.7 Å². The zero-order valence-corrected chi connectivity index (χ0v) is 20.4. The molecule has 3 N–H and O–H groups in total.